The van der Waals surface area contributed by atoms with Gasteiger partial charge in [0.2, 0.25) is 0 Å². The zero-order valence-electron chi connectivity index (χ0n) is 7.97. The highest BCUT2D eigenvalue weighted by atomic mass is 19.3. The average Bonchev–Trinajstić information content (AvgIpc) is 2.08. The largest absolute Gasteiger partial charge is 0.399 e. The summed E-state index contributed by atoms with van der Waals surface area (Å²) in [7, 11) is 0. The molecule has 0 aliphatic rings. The van der Waals surface area contributed by atoms with E-state index in [0.717, 1.165) is 6.07 Å². The monoisotopic (exact) mass is 199 g/mol. The molecule has 0 spiro atoms. The van der Waals surface area contributed by atoms with E-state index in [9.17, 15) is 13.6 Å². The number of hydrogen-bond donors (Lipinski definition) is 1. The number of halogens is 2. The number of carbonyl (C=O) groups is 1. The summed E-state index contributed by atoms with van der Waals surface area (Å²) in [4.78, 5) is 11.1. The number of carbonyl (C=O) groups excluding carboxylic acids is 1. The molecule has 0 radical (unpaired) electrons. The Labute approximate surface area is 80.7 Å². The second-order valence-corrected chi connectivity index (χ2v) is 3.15. The maximum Gasteiger partial charge on any atom is 0.264 e. The van der Waals surface area contributed by atoms with E-state index in [4.69, 9.17) is 5.73 Å². The Hall–Kier alpha value is -1.45. The van der Waals surface area contributed by atoms with Crippen LogP contribution >= 0.6 is 0 Å². The highest BCUT2D eigenvalue weighted by Gasteiger charge is 2.17. The average molecular weight is 199 g/mol. The van der Waals surface area contributed by atoms with Crippen LogP contribution in [0.15, 0.2) is 12.1 Å². The first kappa shape index (κ1) is 10.6. The number of alkyl halides is 2. The molecule has 2 N–H and O–H groups in total. The third-order valence-corrected chi connectivity index (χ3v) is 2.05. The molecule has 0 amide bonds. The fourth-order valence-electron chi connectivity index (χ4n) is 1.23. The van der Waals surface area contributed by atoms with Crippen LogP contribution in [-0.2, 0) is 0 Å². The van der Waals surface area contributed by atoms with Crippen LogP contribution in [0, 0.1) is 6.92 Å². The SMILES string of the molecule is CC(=O)c1cc(C)c(N)cc1C(F)F. The lowest BCUT2D eigenvalue weighted by Crippen LogP contribution is -2.03. The van der Waals surface area contributed by atoms with Gasteiger partial charge in [0.1, 0.15) is 0 Å². The summed E-state index contributed by atoms with van der Waals surface area (Å²) in [6.07, 6.45) is -2.67. The Morgan fingerprint density at radius 1 is 1.43 bits per heavy atom. The molecule has 0 aromatic heterocycles. The first-order chi connectivity index (χ1) is 6.43. The predicted octanol–water partition coefficient (Wildman–Crippen LogP) is 2.72. The van der Waals surface area contributed by atoms with Crippen LogP contribution in [-0.4, -0.2) is 5.78 Å². The first-order valence-corrected chi connectivity index (χ1v) is 4.12. The maximum absolute atomic E-state index is 12.5. The van der Waals surface area contributed by atoms with Crippen molar-refractivity contribution in [3.05, 3.63) is 28.8 Å². The van der Waals surface area contributed by atoms with E-state index in [1.807, 2.05) is 0 Å². The number of nitrogen functional groups attached to an aromatic ring is 1. The minimum atomic E-state index is -2.67. The van der Waals surface area contributed by atoms with Gasteiger partial charge in [-0.05, 0) is 31.5 Å². The molecular weight excluding hydrogens is 188 g/mol. The van der Waals surface area contributed by atoms with E-state index in [2.05, 4.69) is 0 Å². The third-order valence-electron chi connectivity index (χ3n) is 2.05. The van der Waals surface area contributed by atoms with Gasteiger partial charge in [-0.15, -0.1) is 0 Å². The molecule has 0 heterocycles. The summed E-state index contributed by atoms with van der Waals surface area (Å²) >= 11 is 0. The Balaban J connectivity index is 3.39. The molecule has 1 aromatic carbocycles. The van der Waals surface area contributed by atoms with Crippen LogP contribution in [0.25, 0.3) is 0 Å². The number of rotatable bonds is 2. The van der Waals surface area contributed by atoms with Crippen molar-refractivity contribution in [1.82, 2.24) is 0 Å². The molecule has 0 saturated heterocycles. The van der Waals surface area contributed by atoms with Gasteiger partial charge in [-0.25, -0.2) is 8.78 Å². The number of anilines is 1. The van der Waals surface area contributed by atoms with Gasteiger partial charge in [0.05, 0.1) is 0 Å². The second-order valence-electron chi connectivity index (χ2n) is 3.15. The summed E-state index contributed by atoms with van der Waals surface area (Å²) < 4.78 is 25.0. The summed E-state index contributed by atoms with van der Waals surface area (Å²) in [5, 5.41) is 0. The number of benzene rings is 1. The van der Waals surface area contributed by atoms with E-state index < -0.39 is 6.43 Å². The van der Waals surface area contributed by atoms with Gasteiger partial charge in [-0.1, -0.05) is 0 Å². The van der Waals surface area contributed by atoms with Crippen molar-refractivity contribution in [2.24, 2.45) is 0 Å². The van der Waals surface area contributed by atoms with Gasteiger partial charge >= 0.3 is 0 Å². The molecule has 0 bridgehead atoms. The fraction of sp³-hybridized carbons (Fsp3) is 0.300. The molecule has 0 fully saturated rings. The summed E-state index contributed by atoms with van der Waals surface area (Å²) in [6, 6.07) is 2.57. The van der Waals surface area contributed by atoms with Crippen LogP contribution in [0.2, 0.25) is 0 Å². The summed E-state index contributed by atoms with van der Waals surface area (Å²) in [5.41, 5.74) is 6.16. The molecule has 1 aromatic rings. The van der Waals surface area contributed by atoms with E-state index in [0.29, 0.717) is 5.56 Å². The zero-order valence-corrected chi connectivity index (χ0v) is 7.97. The standard InChI is InChI=1S/C10H11F2NO/c1-5-3-7(6(2)14)8(10(11)12)4-9(5)13/h3-4,10H,13H2,1-2H3. The molecule has 0 aliphatic heterocycles. The molecular formula is C10H11F2NO. The molecule has 2 nitrogen and oxygen atoms in total. The van der Waals surface area contributed by atoms with Gasteiger partial charge in [0, 0.05) is 16.8 Å². The van der Waals surface area contributed by atoms with E-state index in [-0.39, 0.29) is 22.6 Å². The van der Waals surface area contributed by atoms with Crippen LogP contribution in [0.1, 0.15) is 34.8 Å². The minimum absolute atomic E-state index is 0.0479. The van der Waals surface area contributed by atoms with Crippen LogP contribution in [0.5, 0.6) is 0 Å². The molecule has 0 atom stereocenters. The van der Waals surface area contributed by atoms with Crippen molar-refractivity contribution in [3.63, 3.8) is 0 Å². The number of nitrogens with two attached hydrogens (primary N) is 1. The Bertz CT molecular complexity index is 375. The predicted molar refractivity (Wildman–Crippen MR) is 50.6 cm³/mol. The number of aryl methyl sites for hydroxylation is 1. The highest BCUT2D eigenvalue weighted by Crippen LogP contribution is 2.27. The third kappa shape index (κ3) is 1.89. The quantitative estimate of drug-likeness (QED) is 0.587. The summed E-state index contributed by atoms with van der Waals surface area (Å²) in [5.74, 6) is -0.372. The van der Waals surface area contributed by atoms with Crippen molar-refractivity contribution in [3.8, 4) is 0 Å². The van der Waals surface area contributed by atoms with Gasteiger partial charge in [-0.3, -0.25) is 4.79 Å². The smallest absolute Gasteiger partial charge is 0.264 e. The fourth-order valence-corrected chi connectivity index (χ4v) is 1.23. The van der Waals surface area contributed by atoms with Crippen molar-refractivity contribution in [2.45, 2.75) is 20.3 Å². The highest BCUT2D eigenvalue weighted by molar-refractivity contribution is 5.96. The maximum atomic E-state index is 12.5. The van der Waals surface area contributed by atoms with Gasteiger partial charge in [0.25, 0.3) is 6.43 Å². The topological polar surface area (TPSA) is 43.1 Å². The van der Waals surface area contributed by atoms with E-state index >= 15 is 0 Å². The second kappa shape index (κ2) is 3.74. The van der Waals surface area contributed by atoms with Crippen LogP contribution in [0.3, 0.4) is 0 Å². The van der Waals surface area contributed by atoms with Gasteiger partial charge in [0.15, 0.2) is 5.78 Å². The van der Waals surface area contributed by atoms with E-state index in [1.54, 1.807) is 6.92 Å². The molecule has 4 heteroatoms. The summed E-state index contributed by atoms with van der Waals surface area (Å²) in [6.45, 7) is 2.94. The van der Waals surface area contributed by atoms with Crippen molar-refractivity contribution < 1.29 is 13.6 Å². The van der Waals surface area contributed by atoms with E-state index in [1.165, 1.54) is 13.0 Å². The number of ketones is 1. The van der Waals surface area contributed by atoms with Crippen molar-refractivity contribution in [1.29, 1.82) is 0 Å². The van der Waals surface area contributed by atoms with Crippen LogP contribution in [0.4, 0.5) is 14.5 Å². The Kier molecular flexibility index (Phi) is 2.84. The van der Waals surface area contributed by atoms with Crippen LogP contribution < -0.4 is 5.73 Å². The number of hydrogen-bond acceptors (Lipinski definition) is 2. The molecule has 0 saturated carbocycles. The van der Waals surface area contributed by atoms with Gasteiger partial charge in [-0.2, -0.15) is 0 Å². The molecule has 1 rings (SSSR count). The minimum Gasteiger partial charge on any atom is -0.399 e. The lowest BCUT2D eigenvalue weighted by atomic mass is 10.0. The van der Waals surface area contributed by atoms with Crippen molar-refractivity contribution in [2.75, 3.05) is 5.73 Å². The normalized spacial score (nSPS) is 10.6. The molecule has 0 unspecified atom stereocenters. The van der Waals surface area contributed by atoms with Gasteiger partial charge < -0.3 is 5.73 Å². The Morgan fingerprint density at radius 2 is 2.00 bits per heavy atom. The number of Topliss-reactive ketones (excluding diaryl/α,β-unsaturated/α-hetero) is 1. The molecule has 76 valence electrons. The van der Waals surface area contributed by atoms with Crippen molar-refractivity contribution >= 4 is 11.5 Å². The Morgan fingerprint density at radius 3 is 2.43 bits per heavy atom. The lowest BCUT2D eigenvalue weighted by molar-refractivity contribution is 0.0999. The molecule has 0 aliphatic carbocycles. The molecule has 14 heavy (non-hydrogen) atoms. The first-order valence-electron chi connectivity index (χ1n) is 4.12. The zero-order chi connectivity index (χ0) is 10.9. The lowest BCUT2D eigenvalue weighted by Gasteiger charge is -2.09.